The molecule has 40 heavy (non-hydrogen) atoms. The summed E-state index contributed by atoms with van der Waals surface area (Å²) in [5.74, 6) is 5.33. The van der Waals surface area contributed by atoms with Crippen LogP contribution in [0.15, 0.2) is 78.6 Å². The molecule has 1 saturated carbocycles. The molecule has 0 spiro atoms. The maximum absolute atomic E-state index is 8.23. The lowest BCUT2D eigenvalue weighted by Gasteiger charge is -2.33. The van der Waals surface area contributed by atoms with Crippen molar-refractivity contribution in [2.45, 2.75) is 26.2 Å². The molecule has 3 unspecified atom stereocenters. The Labute approximate surface area is 234 Å². The molecule has 1 aliphatic carbocycles. The standard InChI is InChI=1S/C32H35N7O/c1-20(33)13-29(34)37-32-27-5-3-4-6-28(27)36-31(38-32)23-9-12-30(35-17-23)39-18-22-15-24(25(16-22)19-39)14-21-7-10-26(40-2)11-8-21/h3-13,17,22,24-25H,14-16,18-19,33H2,1-2H3,(H2,34,36,37,38)/b20-13-. The van der Waals surface area contributed by atoms with Gasteiger partial charge in [-0.25, -0.2) is 15.0 Å². The quantitative estimate of drug-likeness (QED) is 0.208. The third-order valence-corrected chi connectivity index (χ3v) is 8.09. The summed E-state index contributed by atoms with van der Waals surface area (Å²) >= 11 is 0. The lowest BCUT2D eigenvalue weighted by atomic mass is 9.89. The van der Waals surface area contributed by atoms with Gasteiger partial charge in [0, 0.05) is 35.9 Å². The number of benzene rings is 2. The van der Waals surface area contributed by atoms with Gasteiger partial charge in [0.15, 0.2) is 5.82 Å². The molecule has 2 aromatic heterocycles. The highest BCUT2D eigenvalue weighted by molar-refractivity contribution is 6.06. The molecule has 2 bridgehead atoms. The Balaban J connectivity index is 1.18. The fraction of sp³-hybridized carbons (Fsp3) is 0.312. The van der Waals surface area contributed by atoms with Crippen molar-refractivity contribution in [1.82, 2.24) is 15.0 Å². The smallest absolute Gasteiger partial charge is 0.163 e. The minimum absolute atomic E-state index is 0.174. The lowest BCUT2D eigenvalue weighted by molar-refractivity contribution is 0.369. The number of nitrogens with zero attached hydrogens (tertiary/aromatic N) is 4. The second-order valence-electron chi connectivity index (χ2n) is 11.1. The number of hydrogen-bond acceptors (Lipinski definition) is 7. The van der Waals surface area contributed by atoms with E-state index in [0.717, 1.165) is 47.5 Å². The Hall–Kier alpha value is -4.46. The lowest BCUT2D eigenvalue weighted by Crippen LogP contribution is -2.37. The van der Waals surface area contributed by atoms with Gasteiger partial charge in [-0.2, -0.15) is 0 Å². The molecule has 8 nitrogen and oxygen atoms in total. The molecule has 2 aromatic carbocycles. The van der Waals surface area contributed by atoms with E-state index in [0.29, 0.717) is 35.1 Å². The Kier molecular flexibility index (Phi) is 7.07. The average molecular weight is 534 g/mol. The van der Waals surface area contributed by atoms with Crippen LogP contribution in [0.2, 0.25) is 0 Å². The zero-order valence-electron chi connectivity index (χ0n) is 23.0. The van der Waals surface area contributed by atoms with Gasteiger partial charge in [-0.3, -0.25) is 5.41 Å². The highest BCUT2D eigenvalue weighted by Crippen LogP contribution is 2.43. The molecule has 0 amide bonds. The molecule has 1 saturated heterocycles. The van der Waals surface area contributed by atoms with E-state index in [4.69, 9.17) is 30.8 Å². The number of piperidine rings is 1. The number of amidine groups is 1. The van der Waals surface area contributed by atoms with Crippen LogP contribution in [0.5, 0.6) is 5.75 Å². The Bertz CT molecular complexity index is 1540. The first-order valence-electron chi connectivity index (χ1n) is 13.9. The molecule has 2 aliphatic rings. The van der Waals surface area contributed by atoms with Crippen LogP contribution in [-0.2, 0) is 6.42 Å². The first-order chi connectivity index (χ1) is 19.4. The van der Waals surface area contributed by atoms with Gasteiger partial charge >= 0.3 is 0 Å². The number of fused-ring (bicyclic) bond motifs is 3. The fourth-order valence-corrected chi connectivity index (χ4v) is 6.28. The number of nitrogens with one attached hydrogen (secondary N) is 2. The van der Waals surface area contributed by atoms with Crippen LogP contribution in [-0.4, -0.2) is 41.0 Å². The Morgan fingerprint density at radius 2 is 1.90 bits per heavy atom. The molecule has 6 rings (SSSR count). The largest absolute Gasteiger partial charge is 0.497 e. The van der Waals surface area contributed by atoms with Gasteiger partial charge in [-0.1, -0.05) is 24.3 Å². The molecule has 1 aliphatic heterocycles. The number of allylic oxidation sites excluding steroid dienone is 1. The first-order valence-corrected chi connectivity index (χ1v) is 13.9. The van der Waals surface area contributed by atoms with E-state index in [1.807, 2.05) is 30.5 Å². The summed E-state index contributed by atoms with van der Waals surface area (Å²) < 4.78 is 5.32. The number of nitrogens with two attached hydrogens (primary N) is 1. The van der Waals surface area contributed by atoms with Gasteiger partial charge in [0.2, 0.25) is 0 Å². The van der Waals surface area contributed by atoms with E-state index in [1.165, 1.54) is 18.4 Å². The molecular weight excluding hydrogens is 498 g/mol. The summed E-state index contributed by atoms with van der Waals surface area (Å²) in [5, 5.41) is 12.1. The number of anilines is 2. The van der Waals surface area contributed by atoms with Crippen LogP contribution < -0.4 is 20.7 Å². The summed E-state index contributed by atoms with van der Waals surface area (Å²) in [4.78, 5) is 16.9. The van der Waals surface area contributed by atoms with Crippen LogP contribution in [0, 0.1) is 23.2 Å². The number of ether oxygens (including phenoxy) is 1. The molecule has 3 heterocycles. The van der Waals surface area contributed by atoms with Gasteiger partial charge in [-0.15, -0.1) is 0 Å². The third-order valence-electron chi connectivity index (χ3n) is 8.09. The van der Waals surface area contributed by atoms with Gasteiger partial charge in [0.25, 0.3) is 0 Å². The van der Waals surface area contributed by atoms with Gasteiger partial charge in [0.05, 0.1) is 12.6 Å². The van der Waals surface area contributed by atoms with Crippen LogP contribution in [0.25, 0.3) is 22.3 Å². The van der Waals surface area contributed by atoms with Crippen LogP contribution >= 0.6 is 0 Å². The number of rotatable bonds is 7. The first kappa shape index (κ1) is 25.8. The van der Waals surface area contributed by atoms with E-state index in [1.54, 1.807) is 20.1 Å². The highest BCUT2D eigenvalue weighted by Gasteiger charge is 2.40. The Morgan fingerprint density at radius 3 is 2.65 bits per heavy atom. The third kappa shape index (κ3) is 5.47. The zero-order valence-corrected chi connectivity index (χ0v) is 23.0. The van der Waals surface area contributed by atoms with E-state index < -0.39 is 0 Å². The Morgan fingerprint density at radius 1 is 1.07 bits per heavy atom. The summed E-state index contributed by atoms with van der Waals surface area (Å²) in [6.45, 7) is 3.85. The minimum Gasteiger partial charge on any atom is -0.497 e. The number of aromatic nitrogens is 3. The van der Waals surface area contributed by atoms with Crippen LogP contribution in [0.4, 0.5) is 11.6 Å². The monoisotopic (exact) mass is 533 g/mol. The minimum atomic E-state index is 0.174. The van der Waals surface area contributed by atoms with Gasteiger partial charge in [-0.05, 0) is 92.0 Å². The van der Waals surface area contributed by atoms with E-state index in [9.17, 15) is 0 Å². The summed E-state index contributed by atoms with van der Waals surface area (Å²) in [5.41, 5.74) is 9.34. The average Bonchev–Trinajstić information content (AvgIpc) is 3.24. The van der Waals surface area contributed by atoms with Crippen molar-refractivity contribution >= 4 is 28.4 Å². The molecule has 4 N–H and O–H groups in total. The van der Waals surface area contributed by atoms with Crippen molar-refractivity contribution in [2.24, 2.45) is 23.5 Å². The van der Waals surface area contributed by atoms with Crippen molar-refractivity contribution in [3.05, 3.63) is 84.2 Å². The van der Waals surface area contributed by atoms with Gasteiger partial charge in [0.1, 0.15) is 23.2 Å². The summed E-state index contributed by atoms with van der Waals surface area (Å²) in [7, 11) is 1.71. The number of pyridine rings is 1. The van der Waals surface area contributed by atoms with E-state index in [2.05, 4.69) is 46.6 Å². The zero-order chi connectivity index (χ0) is 27.6. The summed E-state index contributed by atoms with van der Waals surface area (Å²) in [6.07, 6.45) is 7.15. The molecule has 0 radical (unpaired) electrons. The predicted octanol–water partition coefficient (Wildman–Crippen LogP) is 5.66. The van der Waals surface area contributed by atoms with Gasteiger partial charge < -0.3 is 20.7 Å². The van der Waals surface area contributed by atoms with Crippen molar-refractivity contribution in [2.75, 3.05) is 30.4 Å². The highest BCUT2D eigenvalue weighted by atomic mass is 16.5. The van der Waals surface area contributed by atoms with Crippen molar-refractivity contribution in [3.63, 3.8) is 0 Å². The predicted molar refractivity (Wildman–Crippen MR) is 161 cm³/mol. The topological polar surface area (TPSA) is 113 Å². The normalized spacial score (nSPS) is 20.5. The molecule has 8 heteroatoms. The molecule has 3 atom stereocenters. The molecule has 204 valence electrons. The molecule has 2 fully saturated rings. The fourth-order valence-electron chi connectivity index (χ4n) is 6.28. The van der Waals surface area contributed by atoms with Crippen molar-refractivity contribution < 1.29 is 4.74 Å². The van der Waals surface area contributed by atoms with Crippen molar-refractivity contribution in [3.8, 4) is 17.1 Å². The maximum atomic E-state index is 8.23. The van der Waals surface area contributed by atoms with Crippen LogP contribution in [0.3, 0.4) is 0 Å². The molecule has 4 aromatic rings. The van der Waals surface area contributed by atoms with E-state index in [-0.39, 0.29) is 5.84 Å². The second kappa shape index (κ2) is 11.0. The number of hydrogen-bond donors (Lipinski definition) is 3. The molecular formula is C32H35N7O. The van der Waals surface area contributed by atoms with Crippen LogP contribution in [0.1, 0.15) is 25.3 Å². The van der Waals surface area contributed by atoms with E-state index >= 15 is 0 Å². The number of methoxy groups -OCH3 is 1. The second-order valence-corrected chi connectivity index (χ2v) is 11.1. The van der Waals surface area contributed by atoms with Crippen molar-refractivity contribution in [1.29, 1.82) is 5.41 Å². The SMILES string of the molecule is COc1ccc(CC2CC3CC2CN(c2ccc(-c4nc(NC(=N)/C=C(/C)N)c5ccccc5n4)cn2)C3)cc1. The summed E-state index contributed by atoms with van der Waals surface area (Å²) in [6, 6.07) is 20.5. The number of para-hydroxylation sites is 1. The maximum Gasteiger partial charge on any atom is 0.163 e.